The molecule has 204 valence electrons. The molecule has 0 saturated heterocycles. The number of nitrogens with one attached hydrogen (secondary N) is 2. The summed E-state index contributed by atoms with van der Waals surface area (Å²) in [4.78, 5) is 29.0. The van der Waals surface area contributed by atoms with Gasteiger partial charge in [-0.25, -0.2) is 4.68 Å². The number of non-ortho nitro benzene ring substituents is 1. The van der Waals surface area contributed by atoms with Gasteiger partial charge in [-0.05, 0) is 48.9 Å². The van der Waals surface area contributed by atoms with Crippen LogP contribution in [0, 0.1) is 10.1 Å². The first-order chi connectivity index (χ1) is 19.3. The highest BCUT2D eigenvalue weighted by Crippen LogP contribution is 2.44. The molecule has 1 aliphatic heterocycles. The molecule has 2 heterocycles. The van der Waals surface area contributed by atoms with Crippen LogP contribution in [-0.4, -0.2) is 46.9 Å². The number of fused-ring (bicyclic) bond motifs is 1. The molecule has 4 aromatic rings. The molecule has 0 aliphatic carbocycles. The Morgan fingerprint density at radius 1 is 1.00 bits per heavy atom. The molecular weight excluding hydrogens is 516 g/mol. The van der Waals surface area contributed by atoms with Gasteiger partial charge in [-0.3, -0.25) is 14.9 Å². The van der Waals surface area contributed by atoms with Crippen LogP contribution in [0.3, 0.4) is 0 Å². The molecular formula is C28H26N6O6. The third-order valence-corrected chi connectivity index (χ3v) is 6.47. The molecule has 0 saturated carbocycles. The fourth-order valence-corrected chi connectivity index (χ4v) is 4.59. The summed E-state index contributed by atoms with van der Waals surface area (Å²) in [5.74, 6) is 1.60. The summed E-state index contributed by atoms with van der Waals surface area (Å²) in [6, 6.07) is 17.8. The monoisotopic (exact) mass is 542 g/mol. The Labute approximate surface area is 229 Å². The van der Waals surface area contributed by atoms with Gasteiger partial charge in [0.15, 0.2) is 17.3 Å². The lowest BCUT2D eigenvalue weighted by Gasteiger charge is -2.29. The Bertz CT molecular complexity index is 1590. The van der Waals surface area contributed by atoms with Crippen molar-refractivity contribution in [3.05, 3.63) is 93.7 Å². The SMILES string of the molecule is COc1cc(C2C(C(=O)Nc3ccccc3)=C(C)Nc3nc(-c4ccc([N+](=O)[O-])cc4)nn32)cc(OC)c1OC. The number of hydrogen-bond donors (Lipinski definition) is 2. The summed E-state index contributed by atoms with van der Waals surface area (Å²) in [6.45, 7) is 1.79. The predicted molar refractivity (Wildman–Crippen MR) is 148 cm³/mol. The van der Waals surface area contributed by atoms with Crippen molar-refractivity contribution >= 4 is 23.2 Å². The average Bonchev–Trinajstić information content (AvgIpc) is 3.39. The summed E-state index contributed by atoms with van der Waals surface area (Å²) < 4.78 is 18.3. The molecule has 3 aromatic carbocycles. The Balaban J connectivity index is 1.66. The van der Waals surface area contributed by atoms with E-state index in [0.29, 0.717) is 57.1 Å². The molecule has 5 rings (SSSR count). The molecule has 1 aliphatic rings. The second-order valence-electron chi connectivity index (χ2n) is 8.85. The maximum Gasteiger partial charge on any atom is 0.269 e. The van der Waals surface area contributed by atoms with E-state index in [2.05, 4.69) is 15.6 Å². The van der Waals surface area contributed by atoms with Gasteiger partial charge in [0, 0.05) is 29.1 Å². The third kappa shape index (κ3) is 4.77. The highest BCUT2D eigenvalue weighted by molar-refractivity contribution is 6.06. The Kier molecular flexibility index (Phi) is 7.06. The Morgan fingerprint density at radius 2 is 1.65 bits per heavy atom. The van der Waals surface area contributed by atoms with Crippen molar-refractivity contribution in [1.82, 2.24) is 14.8 Å². The van der Waals surface area contributed by atoms with Gasteiger partial charge >= 0.3 is 0 Å². The number of nitro groups is 1. The largest absolute Gasteiger partial charge is 0.493 e. The molecule has 40 heavy (non-hydrogen) atoms. The van der Waals surface area contributed by atoms with E-state index in [4.69, 9.17) is 19.3 Å². The van der Waals surface area contributed by atoms with Gasteiger partial charge < -0.3 is 24.8 Å². The lowest BCUT2D eigenvalue weighted by molar-refractivity contribution is -0.384. The molecule has 1 amide bonds. The van der Waals surface area contributed by atoms with E-state index in [9.17, 15) is 14.9 Å². The van der Waals surface area contributed by atoms with E-state index in [1.165, 1.54) is 33.5 Å². The zero-order valence-corrected chi connectivity index (χ0v) is 22.2. The van der Waals surface area contributed by atoms with E-state index in [1.807, 2.05) is 18.2 Å². The molecule has 0 fully saturated rings. The van der Waals surface area contributed by atoms with Crippen LogP contribution >= 0.6 is 0 Å². The molecule has 0 radical (unpaired) electrons. The van der Waals surface area contributed by atoms with Gasteiger partial charge in [0.05, 0.1) is 31.8 Å². The van der Waals surface area contributed by atoms with Gasteiger partial charge in [0.1, 0.15) is 6.04 Å². The van der Waals surface area contributed by atoms with E-state index >= 15 is 0 Å². The van der Waals surface area contributed by atoms with Gasteiger partial charge in [-0.15, -0.1) is 5.10 Å². The van der Waals surface area contributed by atoms with Crippen molar-refractivity contribution in [2.45, 2.75) is 13.0 Å². The van der Waals surface area contributed by atoms with Gasteiger partial charge in [-0.2, -0.15) is 4.98 Å². The second-order valence-corrected chi connectivity index (χ2v) is 8.85. The Hall–Kier alpha value is -5.39. The summed E-state index contributed by atoms with van der Waals surface area (Å²) in [6.07, 6.45) is 0. The number of carbonyl (C=O) groups excluding carboxylic acids is 1. The standard InChI is InChI=1S/C28H26N6O6/c1-16-23(27(35)30-19-8-6-5-7-9-19)24(18-14-21(38-2)25(40-4)22(15-18)39-3)33-28(29-16)31-26(32-33)17-10-12-20(13-11-17)34(36)37/h5-15,24H,1-4H3,(H,30,35)(H,29,31,32). The van der Waals surface area contributed by atoms with Crippen molar-refractivity contribution in [2.24, 2.45) is 0 Å². The number of ether oxygens (including phenoxy) is 3. The second kappa shape index (κ2) is 10.8. The first-order valence-electron chi connectivity index (χ1n) is 12.2. The molecule has 0 bridgehead atoms. The number of rotatable bonds is 8. The summed E-state index contributed by atoms with van der Waals surface area (Å²) in [5, 5.41) is 22.0. The number of nitro benzene ring substituents is 1. The fourth-order valence-electron chi connectivity index (χ4n) is 4.59. The van der Waals surface area contributed by atoms with Crippen LogP contribution in [0.1, 0.15) is 18.5 Å². The number of nitrogens with zero attached hydrogens (tertiary/aromatic N) is 4. The van der Waals surface area contributed by atoms with Crippen molar-refractivity contribution in [3.63, 3.8) is 0 Å². The lowest BCUT2D eigenvalue weighted by Crippen LogP contribution is -2.31. The quantitative estimate of drug-likeness (QED) is 0.237. The average molecular weight is 543 g/mol. The summed E-state index contributed by atoms with van der Waals surface area (Å²) >= 11 is 0. The van der Waals surface area contributed by atoms with Crippen LogP contribution in [-0.2, 0) is 4.79 Å². The van der Waals surface area contributed by atoms with E-state index in [0.717, 1.165) is 0 Å². The molecule has 12 heteroatoms. The van der Waals surface area contributed by atoms with Crippen LogP contribution < -0.4 is 24.8 Å². The van der Waals surface area contributed by atoms with Crippen molar-refractivity contribution in [3.8, 4) is 28.6 Å². The van der Waals surface area contributed by atoms with Crippen LogP contribution in [0.5, 0.6) is 17.2 Å². The highest BCUT2D eigenvalue weighted by Gasteiger charge is 2.36. The lowest BCUT2D eigenvalue weighted by atomic mass is 9.94. The number of para-hydroxylation sites is 1. The molecule has 1 aromatic heterocycles. The fraction of sp³-hybridized carbons (Fsp3) is 0.179. The van der Waals surface area contributed by atoms with Crippen molar-refractivity contribution in [1.29, 1.82) is 0 Å². The minimum absolute atomic E-state index is 0.0430. The molecule has 1 unspecified atom stereocenters. The van der Waals surface area contributed by atoms with Gasteiger partial charge in [0.2, 0.25) is 11.7 Å². The number of hydrogen-bond acceptors (Lipinski definition) is 9. The normalized spacial score (nSPS) is 14.2. The zero-order chi connectivity index (χ0) is 28.4. The van der Waals surface area contributed by atoms with Crippen LogP contribution in [0.15, 0.2) is 78.0 Å². The number of allylic oxidation sites excluding steroid dienone is 1. The first-order valence-corrected chi connectivity index (χ1v) is 12.2. The first kappa shape index (κ1) is 26.2. The molecule has 1 atom stereocenters. The maximum atomic E-state index is 13.8. The minimum Gasteiger partial charge on any atom is -0.493 e. The number of carbonyl (C=O) groups is 1. The maximum absolute atomic E-state index is 13.8. The predicted octanol–water partition coefficient (Wildman–Crippen LogP) is 4.81. The van der Waals surface area contributed by atoms with Crippen molar-refractivity contribution < 1.29 is 23.9 Å². The Morgan fingerprint density at radius 3 is 2.23 bits per heavy atom. The summed E-state index contributed by atoms with van der Waals surface area (Å²) in [7, 11) is 4.54. The van der Waals surface area contributed by atoms with Gasteiger partial charge in [-0.1, -0.05) is 18.2 Å². The van der Waals surface area contributed by atoms with E-state index in [-0.39, 0.29) is 11.6 Å². The zero-order valence-electron chi connectivity index (χ0n) is 22.2. The molecule has 12 nitrogen and oxygen atoms in total. The van der Waals surface area contributed by atoms with Crippen LogP contribution in [0.2, 0.25) is 0 Å². The third-order valence-electron chi connectivity index (χ3n) is 6.47. The number of methoxy groups -OCH3 is 3. The topological polar surface area (TPSA) is 143 Å². The van der Waals surface area contributed by atoms with Crippen LogP contribution in [0.25, 0.3) is 11.4 Å². The van der Waals surface area contributed by atoms with E-state index in [1.54, 1.807) is 48.0 Å². The number of amides is 1. The van der Waals surface area contributed by atoms with Crippen molar-refractivity contribution in [2.75, 3.05) is 32.0 Å². The minimum atomic E-state index is -0.743. The van der Waals surface area contributed by atoms with Gasteiger partial charge in [0.25, 0.3) is 11.6 Å². The molecule has 0 spiro atoms. The van der Waals surface area contributed by atoms with E-state index < -0.39 is 11.0 Å². The highest BCUT2D eigenvalue weighted by atomic mass is 16.6. The smallest absolute Gasteiger partial charge is 0.269 e. The number of anilines is 2. The summed E-state index contributed by atoms with van der Waals surface area (Å²) in [5.41, 5.74) is 2.76. The molecule has 2 N–H and O–H groups in total. The number of aromatic nitrogens is 3. The van der Waals surface area contributed by atoms with Crippen LogP contribution in [0.4, 0.5) is 17.3 Å². The number of benzene rings is 3.